The van der Waals surface area contributed by atoms with Crippen LogP contribution >= 0.6 is 0 Å². The lowest BCUT2D eigenvalue weighted by atomic mass is 9.96. The molecule has 1 aliphatic rings. The minimum absolute atomic E-state index is 0.0399. The van der Waals surface area contributed by atoms with Gasteiger partial charge in [0.2, 0.25) is 0 Å². The van der Waals surface area contributed by atoms with Crippen molar-refractivity contribution in [1.29, 1.82) is 0 Å². The first-order chi connectivity index (χ1) is 14.2. The van der Waals surface area contributed by atoms with Crippen molar-refractivity contribution in [2.75, 3.05) is 13.7 Å². The normalized spacial score (nSPS) is 16.4. The van der Waals surface area contributed by atoms with Crippen molar-refractivity contribution in [3.63, 3.8) is 0 Å². The van der Waals surface area contributed by atoms with Crippen LogP contribution in [-0.4, -0.2) is 39.6 Å². The minimum atomic E-state index is -0.0672. The smallest absolute Gasteiger partial charge is 0.274 e. The molecule has 4 rings (SSSR count). The maximum atomic E-state index is 13.1. The van der Waals surface area contributed by atoms with Crippen LogP contribution in [0.25, 0.3) is 0 Å². The topological polar surface area (TPSA) is 80.3 Å². The molecule has 0 bridgehead atoms. The number of piperidine rings is 1. The van der Waals surface area contributed by atoms with Gasteiger partial charge in [-0.25, -0.2) is 0 Å². The van der Waals surface area contributed by atoms with Gasteiger partial charge in [-0.2, -0.15) is 5.10 Å². The van der Waals surface area contributed by atoms with Crippen molar-refractivity contribution in [3.05, 3.63) is 71.8 Å². The second kappa shape index (κ2) is 8.77. The lowest BCUT2D eigenvalue weighted by Crippen LogP contribution is -2.38. The van der Waals surface area contributed by atoms with Gasteiger partial charge in [-0.15, -0.1) is 0 Å². The van der Waals surface area contributed by atoms with Gasteiger partial charge in [0.15, 0.2) is 5.69 Å². The molecule has 1 fully saturated rings. The number of amides is 1. The van der Waals surface area contributed by atoms with Crippen LogP contribution in [0.3, 0.4) is 0 Å². The van der Waals surface area contributed by atoms with E-state index in [9.17, 15) is 4.79 Å². The van der Waals surface area contributed by atoms with Crippen molar-refractivity contribution in [2.45, 2.75) is 31.9 Å². The number of aromatic amines is 1. The van der Waals surface area contributed by atoms with Crippen LogP contribution in [0.2, 0.25) is 0 Å². The highest BCUT2D eigenvalue weighted by molar-refractivity contribution is 5.92. The third-order valence-corrected chi connectivity index (χ3v) is 5.12. The third-order valence-electron chi connectivity index (χ3n) is 5.12. The summed E-state index contributed by atoms with van der Waals surface area (Å²) in [4.78, 5) is 19.2. The Hall–Kier alpha value is -3.35. The first-order valence-corrected chi connectivity index (χ1v) is 9.76. The lowest BCUT2D eigenvalue weighted by Gasteiger charge is -2.35. The van der Waals surface area contributed by atoms with E-state index in [0.29, 0.717) is 18.1 Å². The maximum Gasteiger partial charge on any atom is 0.274 e. The van der Waals surface area contributed by atoms with Gasteiger partial charge in [-0.1, -0.05) is 12.1 Å². The SMILES string of the molecule is COc1cccc(OCc2cc(C(=O)N3CCCCC3c3cccnc3)n[nH]2)c1. The molecule has 0 aliphatic carbocycles. The molecule has 1 atom stereocenters. The molecule has 150 valence electrons. The summed E-state index contributed by atoms with van der Waals surface area (Å²) in [6.45, 7) is 1.01. The van der Waals surface area contributed by atoms with Crippen molar-refractivity contribution >= 4 is 5.91 Å². The molecule has 2 aromatic heterocycles. The molecular formula is C22H24N4O3. The number of H-pyrrole nitrogens is 1. The van der Waals surface area contributed by atoms with E-state index in [4.69, 9.17) is 9.47 Å². The molecule has 3 heterocycles. The Bertz CT molecular complexity index is 957. The van der Waals surface area contributed by atoms with Crippen LogP contribution in [-0.2, 0) is 6.61 Å². The number of carbonyl (C=O) groups excluding carboxylic acids is 1. The van der Waals surface area contributed by atoms with E-state index in [1.807, 2.05) is 47.5 Å². The quantitative estimate of drug-likeness (QED) is 0.691. The molecule has 1 aromatic carbocycles. The Morgan fingerprint density at radius 2 is 2.10 bits per heavy atom. The molecule has 0 spiro atoms. The Morgan fingerprint density at radius 3 is 2.93 bits per heavy atom. The van der Waals surface area contributed by atoms with Crippen LogP contribution in [0, 0.1) is 0 Å². The highest BCUT2D eigenvalue weighted by Gasteiger charge is 2.30. The molecule has 0 saturated carbocycles. The van der Waals surface area contributed by atoms with Gasteiger partial charge in [-0.05, 0) is 49.1 Å². The highest BCUT2D eigenvalue weighted by Crippen LogP contribution is 2.31. The first-order valence-electron chi connectivity index (χ1n) is 9.76. The van der Waals surface area contributed by atoms with Crippen LogP contribution < -0.4 is 9.47 Å². The summed E-state index contributed by atoms with van der Waals surface area (Å²) in [5.41, 5.74) is 2.22. The Balaban J connectivity index is 1.44. The van der Waals surface area contributed by atoms with E-state index < -0.39 is 0 Å². The molecule has 7 heteroatoms. The summed E-state index contributed by atoms with van der Waals surface area (Å²) in [5.74, 6) is 1.36. The van der Waals surface area contributed by atoms with Crippen molar-refractivity contribution < 1.29 is 14.3 Å². The summed E-state index contributed by atoms with van der Waals surface area (Å²) < 4.78 is 11.0. The summed E-state index contributed by atoms with van der Waals surface area (Å²) in [5, 5.41) is 7.14. The number of rotatable bonds is 6. The molecule has 3 aromatic rings. The van der Waals surface area contributed by atoms with Crippen molar-refractivity contribution in [3.8, 4) is 11.5 Å². The van der Waals surface area contributed by atoms with E-state index in [2.05, 4.69) is 15.2 Å². The fourth-order valence-corrected chi connectivity index (χ4v) is 3.64. The largest absolute Gasteiger partial charge is 0.497 e. The van der Waals surface area contributed by atoms with Gasteiger partial charge >= 0.3 is 0 Å². The average molecular weight is 392 g/mol. The van der Waals surface area contributed by atoms with Gasteiger partial charge in [0.05, 0.1) is 18.8 Å². The Kier molecular flexibility index (Phi) is 5.74. The van der Waals surface area contributed by atoms with Gasteiger partial charge in [0.1, 0.15) is 18.1 Å². The number of carbonyl (C=O) groups is 1. The zero-order valence-corrected chi connectivity index (χ0v) is 16.4. The van der Waals surface area contributed by atoms with Crippen LogP contribution in [0.4, 0.5) is 0 Å². The van der Waals surface area contributed by atoms with Gasteiger partial charge < -0.3 is 14.4 Å². The molecule has 1 saturated heterocycles. The number of methoxy groups -OCH3 is 1. The second-order valence-electron chi connectivity index (χ2n) is 7.04. The maximum absolute atomic E-state index is 13.1. The molecule has 1 aliphatic heterocycles. The molecule has 29 heavy (non-hydrogen) atoms. The summed E-state index contributed by atoms with van der Waals surface area (Å²) in [6, 6.07) is 13.1. The van der Waals surface area contributed by atoms with E-state index in [0.717, 1.165) is 42.8 Å². The number of hydrogen-bond donors (Lipinski definition) is 1. The number of nitrogens with zero attached hydrogens (tertiary/aromatic N) is 3. The Morgan fingerprint density at radius 1 is 1.21 bits per heavy atom. The monoisotopic (exact) mass is 392 g/mol. The average Bonchev–Trinajstić information content (AvgIpc) is 3.27. The lowest BCUT2D eigenvalue weighted by molar-refractivity contribution is 0.0605. The van der Waals surface area contributed by atoms with E-state index >= 15 is 0 Å². The number of aromatic nitrogens is 3. The fourth-order valence-electron chi connectivity index (χ4n) is 3.64. The number of pyridine rings is 1. The molecule has 7 nitrogen and oxygen atoms in total. The van der Waals surface area contributed by atoms with Crippen LogP contribution in [0.15, 0.2) is 54.9 Å². The number of benzene rings is 1. The van der Waals surface area contributed by atoms with E-state index in [-0.39, 0.29) is 11.9 Å². The predicted octanol–water partition coefficient (Wildman–Crippen LogP) is 3.76. The van der Waals surface area contributed by atoms with Crippen LogP contribution in [0.1, 0.15) is 47.1 Å². The minimum Gasteiger partial charge on any atom is -0.497 e. The summed E-state index contributed by atoms with van der Waals surface area (Å²) in [7, 11) is 1.62. The second-order valence-corrected chi connectivity index (χ2v) is 7.04. The van der Waals surface area contributed by atoms with E-state index in [1.165, 1.54) is 0 Å². The molecule has 1 unspecified atom stereocenters. The van der Waals surface area contributed by atoms with Crippen molar-refractivity contribution in [2.24, 2.45) is 0 Å². The molecule has 1 N–H and O–H groups in total. The van der Waals surface area contributed by atoms with Crippen molar-refractivity contribution in [1.82, 2.24) is 20.1 Å². The number of hydrogen-bond acceptors (Lipinski definition) is 5. The van der Waals surface area contributed by atoms with Gasteiger partial charge in [0, 0.05) is 25.0 Å². The fraction of sp³-hybridized carbons (Fsp3) is 0.318. The molecule has 0 radical (unpaired) electrons. The zero-order chi connectivity index (χ0) is 20.1. The first kappa shape index (κ1) is 19.0. The predicted molar refractivity (Wildman–Crippen MR) is 108 cm³/mol. The molecule has 1 amide bonds. The standard InChI is InChI=1S/C22H24N4O3/c1-28-18-7-4-8-19(13-18)29-15-17-12-20(25-24-17)22(27)26-11-3-2-9-21(26)16-6-5-10-23-14-16/h4-8,10,12-14,21H,2-3,9,11,15H2,1H3,(H,24,25). The summed E-state index contributed by atoms with van der Waals surface area (Å²) in [6.07, 6.45) is 6.63. The van der Waals surface area contributed by atoms with Gasteiger partial charge in [0.25, 0.3) is 5.91 Å². The number of ether oxygens (including phenoxy) is 2. The Labute approximate surface area is 169 Å². The van der Waals surface area contributed by atoms with Gasteiger partial charge in [-0.3, -0.25) is 14.9 Å². The van der Waals surface area contributed by atoms with Crippen LogP contribution in [0.5, 0.6) is 11.5 Å². The third kappa shape index (κ3) is 4.39. The molecular weight excluding hydrogens is 368 g/mol. The summed E-state index contributed by atoms with van der Waals surface area (Å²) >= 11 is 0. The van der Waals surface area contributed by atoms with E-state index in [1.54, 1.807) is 19.4 Å². The zero-order valence-electron chi connectivity index (χ0n) is 16.4. The highest BCUT2D eigenvalue weighted by atomic mass is 16.5. The number of nitrogens with one attached hydrogen (secondary N) is 1. The number of likely N-dealkylation sites (tertiary alicyclic amines) is 1.